The Labute approximate surface area is 465 Å². The Hall–Kier alpha value is -1.13. The van der Waals surface area contributed by atoms with Gasteiger partial charge in [-0.05, 0) is 26.7 Å². The van der Waals surface area contributed by atoms with Gasteiger partial charge in [-0.25, -0.2) is 0 Å². The molecule has 0 aromatic rings. The minimum absolute atomic E-state index is 0.236. The first-order chi connectivity index (χ1) is 37.2. The molecule has 3 fully saturated rings. The average Bonchev–Trinajstić information content (AvgIpc) is 3.42. The van der Waals surface area contributed by atoms with Gasteiger partial charge in [0.15, 0.2) is 18.9 Å². The summed E-state index contributed by atoms with van der Waals surface area (Å²) >= 11 is 0. The molecule has 3 heterocycles. The summed E-state index contributed by atoms with van der Waals surface area (Å²) in [5, 5.41) is 101. The van der Waals surface area contributed by atoms with Crippen LogP contribution in [0.3, 0.4) is 0 Å². The topological polar surface area (TPSA) is 267 Å². The van der Waals surface area contributed by atoms with Crippen LogP contribution in [0.1, 0.15) is 259 Å². The zero-order chi connectivity index (χ0) is 56.2. The molecule has 3 aliphatic rings. The molecule has 0 radical (unpaired) electrons. The van der Waals surface area contributed by atoms with Gasteiger partial charge in [-0.3, -0.25) is 4.79 Å². The van der Waals surface area contributed by atoms with Crippen LogP contribution in [-0.2, 0) is 33.2 Å². The fourth-order valence-electron chi connectivity index (χ4n) is 11.1. The number of hydrogen-bond acceptors (Lipinski definition) is 16. The molecule has 17 nitrogen and oxygen atoms in total. The van der Waals surface area contributed by atoms with Crippen molar-refractivity contribution in [2.45, 2.75) is 363 Å². The molecule has 0 saturated carbocycles. The molecule has 17 atom stereocenters. The van der Waals surface area contributed by atoms with Crippen molar-refractivity contribution in [2.24, 2.45) is 0 Å². The van der Waals surface area contributed by atoms with Crippen LogP contribution >= 0.6 is 0 Å². The van der Waals surface area contributed by atoms with Gasteiger partial charge in [0, 0.05) is 6.42 Å². The van der Waals surface area contributed by atoms with Crippen LogP contribution in [0.4, 0.5) is 0 Å². The SMILES string of the molecule is CCCCCCCCCCCCCCCCCCCCCCCC(=O)N[C@@H](CO[C@H]1O[C@H](CO)[C@H](O[C@H]2O[C@@H](C)[C@@H](O)[C@@H](O)[C@@H]2O)[C@H](O[C@H]2O[C@@H](C)[C@@H](O)[C@@H](O)[C@@H]2O)[C@H]1O)[C@H](O)CCCCCCCCCCCCCCC. The highest BCUT2D eigenvalue weighted by Gasteiger charge is 2.54. The van der Waals surface area contributed by atoms with Crippen molar-refractivity contribution in [3.63, 3.8) is 0 Å². The number of hydrogen-bond donors (Lipinski definition) is 10. The summed E-state index contributed by atoms with van der Waals surface area (Å²) in [6, 6.07) is -0.896. The van der Waals surface area contributed by atoms with Crippen molar-refractivity contribution in [3.05, 3.63) is 0 Å². The molecule has 0 spiro atoms. The lowest BCUT2D eigenvalue weighted by Gasteiger charge is -2.49. The summed E-state index contributed by atoms with van der Waals surface area (Å²) in [6.07, 6.45) is 18.7. The molecule has 0 aromatic carbocycles. The van der Waals surface area contributed by atoms with Crippen molar-refractivity contribution in [2.75, 3.05) is 13.2 Å². The standard InChI is InChI=1S/C60H115NO16/c1-5-7-9-11-13-15-17-19-20-21-22-23-24-25-26-28-30-32-34-36-38-40-48(64)61-45(46(63)39-37-35-33-31-29-27-18-16-14-12-10-8-6-2)42-72-58-55(71)57(77-60-54(70)52(68)50(66)44(4)74-60)56(47(41-62)75-58)76-59-53(69)51(67)49(65)43(3)73-59/h43-47,49-60,62-63,65-71H,5-42H2,1-4H3,(H,61,64)/t43-,44-,45-,46+,47+,49+,50+,51+,52+,53-,54-,55+,56-,57+,58-,59+,60+/m0/s1. The maximum Gasteiger partial charge on any atom is 0.220 e. The molecule has 0 aromatic heterocycles. The highest BCUT2D eigenvalue weighted by atomic mass is 16.8. The van der Waals surface area contributed by atoms with Crippen LogP contribution < -0.4 is 5.32 Å². The highest BCUT2D eigenvalue weighted by molar-refractivity contribution is 5.76. The summed E-state index contributed by atoms with van der Waals surface area (Å²) in [7, 11) is 0. The Morgan fingerprint density at radius 1 is 0.442 bits per heavy atom. The second-order valence-corrected chi connectivity index (χ2v) is 23.2. The molecule has 3 saturated heterocycles. The molecule has 10 N–H and O–H groups in total. The normalized spacial score (nSPS) is 30.6. The molecule has 1 amide bonds. The van der Waals surface area contributed by atoms with Crippen molar-refractivity contribution in [1.29, 1.82) is 0 Å². The monoisotopic (exact) mass is 1110 g/mol. The van der Waals surface area contributed by atoms with Crippen LogP contribution in [0.25, 0.3) is 0 Å². The van der Waals surface area contributed by atoms with E-state index in [0.717, 1.165) is 44.9 Å². The van der Waals surface area contributed by atoms with Crippen LogP contribution in [0.15, 0.2) is 0 Å². The number of rotatable bonds is 46. The van der Waals surface area contributed by atoms with Gasteiger partial charge >= 0.3 is 0 Å². The van der Waals surface area contributed by atoms with E-state index in [1.807, 2.05) is 0 Å². The fraction of sp³-hybridized carbons (Fsp3) is 0.983. The average molecular weight is 1110 g/mol. The summed E-state index contributed by atoms with van der Waals surface area (Å²) in [5.74, 6) is -0.236. The van der Waals surface area contributed by atoms with Crippen LogP contribution in [0, 0.1) is 0 Å². The molecule has 0 aliphatic carbocycles. The van der Waals surface area contributed by atoms with Crippen molar-refractivity contribution in [3.8, 4) is 0 Å². The van der Waals surface area contributed by atoms with Gasteiger partial charge < -0.3 is 79.7 Å². The number of aliphatic hydroxyl groups excluding tert-OH is 9. The van der Waals surface area contributed by atoms with Gasteiger partial charge in [0.1, 0.15) is 61.0 Å². The Bertz CT molecular complexity index is 1420. The lowest BCUT2D eigenvalue weighted by Crippen LogP contribution is -2.67. The van der Waals surface area contributed by atoms with E-state index in [0.29, 0.717) is 12.8 Å². The van der Waals surface area contributed by atoms with Gasteiger partial charge in [-0.2, -0.15) is 0 Å². The largest absolute Gasteiger partial charge is 0.394 e. The number of carbonyl (C=O) groups excluding carboxylic acids is 1. The van der Waals surface area contributed by atoms with Gasteiger partial charge in [0.2, 0.25) is 5.91 Å². The Morgan fingerprint density at radius 2 is 0.792 bits per heavy atom. The van der Waals surface area contributed by atoms with E-state index >= 15 is 0 Å². The van der Waals surface area contributed by atoms with E-state index in [2.05, 4.69) is 19.2 Å². The van der Waals surface area contributed by atoms with E-state index in [9.17, 15) is 50.8 Å². The van der Waals surface area contributed by atoms with Crippen LogP contribution in [0.2, 0.25) is 0 Å². The minimum atomic E-state index is -1.80. The third kappa shape index (κ3) is 27.7. The maximum absolute atomic E-state index is 13.5. The lowest BCUT2D eigenvalue weighted by molar-refractivity contribution is -0.384. The van der Waals surface area contributed by atoms with Crippen molar-refractivity contribution < 1.29 is 79.2 Å². The molecule has 77 heavy (non-hydrogen) atoms. The quantitative estimate of drug-likeness (QED) is 0.0256. The predicted octanol–water partition coefficient (Wildman–Crippen LogP) is 8.44. The second-order valence-electron chi connectivity index (χ2n) is 23.2. The number of nitrogens with one attached hydrogen (secondary N) is 1. The summed E-state index contributed by atoms with van der Waals surface area (Å²) in [5.41, 5.74) is 0. The zero-order valence-electron chi connectivity index (χ0n) is 48.6. The van der Waals surface area contributed by atoms with E-state index in [4.69, 9.17) is 28.4 Å². The second kappa shape index (κ2) is 42.7. The third-order valence-electron chi connectivity index (χ3n) is 16.4. The zero-order valence-corrected chi connectivity index (χ0v) is 48.6. The van der Waals surface area contributed by atoms with E-state index in [1.54, 1.807) is 0 Å². The Kier molecular flexibility index (Phi) is 38.9. The summed E-state index contributed by atoms with van der Waals surface area (Å²) in [4.78, 5) is 13.5. The van der Waals surface area contributed by atoms with E-state index in [1.165, 1.54) is 181 Å². The van der Waals surface area contributed by atoms with Gasteiger partial charge in [-0.1, -0.05) is 226 Å². The number of aliphatic hydroxyl groups is 9. The molecule has 0 bridgehead atoms. The van der Waals surface area contributed by atoms with Gasteiger partial charge in [0.25, 0.3) is 0 Å². The maximum atomic E-state index is 13.5. The van der Waals surface area contributed by atoms with Crippen molar-refractivity contribution in [1.82, 2.24) is 5.32 Å². The molecule has 3 rings (SSSR count). The lowest BCUT2D eigenvalue weighted by atomic mass is 9.96. The summed E-state index contributed by atoms with van der Waals surface area (Å²) in [6.45, 7) is 6.35. The highest BCUT2D eigenvalue weighted by Crippen LogP contribution is 2.34. The van der Waals surface area contributed by atoms with E-state index in [-0.39, 0.29) is 18.9 Å². The summed E-state index contributed by atoms with van der Waals surface area (Å²) < 4.78 is 35.7. The molecular formula is C60H115NO16. The van der Waals surface area contributed by atoms with Crippen molar-refractivity contribution >= 4 is 5.91 Å². The van der Waals surface area contributed by atoms with Crippen LogP contribution in [-0.4, -0.2) is 169 Å². The Balaban J connectivity index is 1.53. The molecule has 17 heteroatoms. The number of ether oxygens (including phenoxy) is 6. The fourth-order valence-corrected chi connectivity index (χ4v) is 11.1. The molecule has 3 aliphatic heterocycles. The predicted molar refractivity (Wildman–Crippen MR) is 298 cm³/mol. The van der Waals surface area contributed by atoms with Gasteiger partial charge in [-0.15, -0.1) is 0 Å². The smallest absolute Gasteiger partial charge is 0.220 e. The molecule has 456 valence electrons. The third-order valence-corrected chi connectivity index (χ3v) is 16.4. The molecule has 0 unspecified atom stereocenters. The first-order valence-corrected chi connectivity index (χ1v) is 31.5. The number of carbonyl (C=O) groups is 1. The van der Waals surface area contributed by atoms with Crippen LogP contribution in [0.5, 0.6) is 0 Å². The first kappa shape index (κ1) is 70.1. The first-order valence-electron chi connectivity index (χ1n) is 31.5. The minimum Gasteiger partial charge on any atom is -0.394 e. The number of unbranched alkanes of at least 4 members (excludes halogenated alkanes) is 32. The number of amides is 1. The van der Waals surface area contributed by atoms with E-state index < -0.39 is 111 Å². The van der Waals surface area contributed by atoms with Gasteiger partial charge in [0.05, 0.1) is 37.6 Å². The Morgan fingerprint density at radius 3 is 1.17 bits per heavy atom. The molecular weight excluding hydrogens is 991 g/mol.